The first-order chi connectivity index (χ1) is 5.07. The molecule has 0 aliphatic carbocycles. The Morgan fingerprint density at radius 3 is 1.91 bits per heavy atom. The summed E-state index contributed by atoms with van der Waals surface area (Å²) in [5.41, 5.74) is 0. The summed E-state index contributed by atoms with van der Waals surface area (Å²) in [7, 11) is 27.5. The van der Waals surface area contributed by atoms with E-state index in [4.69, 9.17) is 38.7 Å². The van der Waals surface area contributed by atoms with Crippen LogP contribution in [0.4, 0.5) is 0 Å². The molecule has 0 unspecified atom stereocenters. The number of rotatable bonds is 4. The Labute approximate surface area is 77.4 Å². The van der Waals surface area contributed by atoms with Crippen molar-refractivity contribution in [2.75, 3.05) is 0 Å². The van der Waals surface area contributed by atoms with E-state index in [1.54, 1.807) is 0 Å². The van der Waals surface area contributed by atoms with Crippen molar-refractivity contribution in [3.05, 3.63) is 0 Å². The molecule has 35 valence electrons. The van der Waals surface area contributed by atoms with E-state index in [0.717, 1.165) is 0 Å². The molecule has 11 heteroatoms. The van der Waals surface area contributed by atoms with Crippen LogP contribution in [-0.4, -0.2) is 72.1 Å². The molecule has 11 radical (unpaired) electrons. The molecule has 0 atom stereocenters. The van der Waals surface area contributed by atoms with E-state index in [-0.39, 0.29) is 0 Å². The Hall–Kier alpha value is 0.449. The third-order valence-corrected chi connectivity index (χ3v) is 1.02. The fourth-order valence-corrected chi connectivity index (χ4v) is 0.476. The maximum absolute atomic E-state index is 5.30. The summed E-state index contributed by atoms with van der Waals surface area (Å²) in [6.07, 6.45) is -1.22. The van der Waals surface area contributed by atoms with Crippen molar-refractivity contribution in [1.82, 2.24) is 0 Å². The molecule has 0 N–H and O–H groups in total. The Morgan fingerprint density at radius 1 is 1.09 bits per heavy atom. The van der Waals surface area contributed by atoms with Gasteiger partial charge in [-0.05, 0) is 0 Å². The molecule has 0 aliphatic heterocycles. The molecule has 0 saturated heterocycles. The van der Waals surface area contributed by atoms with E-state index < -0.39 is 19.4 Å². The first-order valence-electron chi connectivity index (χ1n) is 3.18. The van der Waals surface area contributed by atoms with E-state index in [9.17, 15) is 0 Å². The fourth-order valence-electron chi connectivity index (χ4n) is 0.476. The summed E-state index contributed by atoms with van der Waals surface area (Å²) in [6, 6.07) is 0. The second-order valence-electron chi connectivity index (χ2n) is 2.14. The molecule has 0 aromatic rings. The average Bonchev–Trinajstić information content (AvgIpc) is 1.87. The topological polar surface area (TPSA) is 12.4 Å². The van der Waals surface area contributed by atoms with Gasteiger partial charge in [0.15, 0.2) is 0 Å². The van der Waals surface area contributed by atoms with Gasteiger partial charge in [-0.15, -0.1) is 0 Å². The molecule has 1 nitrogen and oxygen atoms in total. The number of hydrogen-bond acceptors (Lipinski definition) is 1. The van der Waals surface area contributed by atoms with Gasteiger partial charge < -0.3 is 0 Å². The van der Waals surface area contributed by atoms with Crippen LogP contribution in [0.5, 0.6) is 0 Å². The summed E-state index contributed by atoms with van der Waals surface area (Å²) in [6.45, 7) is 0.922. The van der Waals surface area contributed by atoms with Gasteiger partial charge in [0, 0.05) is 0 Å². The second kappa shape index (κ2) is 6.02. The molecule has 0 heterocycles. The maximum atomic E-state index is 5.30. The zero-order chi connectivity index (χ0) is 8.85. The summed E-state index contributed by atoms with van der Waals surface area (Å²) in [5.74, 6) is 0. The van der Waals surface area contributed by atoms with Crippen molar-refractivity contribution in [1.29, 1.82) is 0 Å². The van der Waals surface area contributed by atoms with Gasteiger partial charge in [0.1, 0.15) is 0 Å². The zero-order valence-corrected chi connectivity index (χ0v) is 6.22. The van der Waals surface area contributed by atoms with E-state index in [2.05, 4.69) is 4.81 Å². The standard InChI is InChI=1S/B10N/c1-6-10(9(4)5)11-7-8(2)3. The van der Waals surface area contributed by atoms with Crippen LogP contribution in [0.2, 0.25) is 0 Å². The third kappa shape index (κ3) is 5.69. The Balaban J connectivity index is 3.87. The van der Waals surface area contributed by atoms with Crippen molar-refractivity contribution in [3.8, 4) is 0 Å². The average molecular weight is 122 g/mol. The van der Waals surface area contributed by atoms with Gasteiger partial charge in [-0.3, -0.25) is 0 Å². The minimum atomic E-state index is -0.616. The second-order valence-corrected chi connectivity index (χ2v) is 2.14. The van der Waals surface area contributed by atoms with E-state index in [1.807, 2.05) is 0 Å². The Morgan fingerprint density at radius 2 is 1.64 bits per heavy atom. The normalized spacial score (nSPS) is 8.73. The van der Waals surface area contributed by atoms with E-state index >= 15 is 0 Å². The monoisotopic (exact) mass is 124 g/mol. The van der Waals surface area contributed by atoms with Gasteiger partial charge in [0.2, 0.25) is 0 Å². The molecular formula is B10N. The van der Waals surface area contributed by atoms with Crippen molar-refractivity contribution in [3.63, 3.8) is 0 Å². The van der Waals surface area contributed by atoms with Crippen LogP contribution in [0.25, 0.3) is 0 Å². The minimum absolute atomic E-state index is 0.426. The van der Waals surface area contributed by atoms with Gasteiger partial charge >= 0.3 is 76.9 Å². The molecular weight excluding hydrogens is 122 g/mol. The van der Waals surface area contributed by atoms with Crippen LogP contribution >= 0.6 is 0 Å². The molecule has 0 aliphatic rings. The fraction of sp³-hybridized carbons (Fsp3) is 0. The zero-order valence-electron chi connectivity index (χ0n) is 6.22. The Kier molecular flexibility index (Phi) is 6.27. The predicted octanol–water partition coefficient (Wildman–Crippen LogP) is -3.62. The SMILES string of the molecule is [B][B]B(N=BB([B])[B])B([B])[B]. The van der Waals surface area contributed by atoms with E-state index in [1.165, 1.54) is 14.0 Å². The molecule has 0 aromatic heterocycles. The molecule has 0 amide bonds. The molecule has 0 bridgehead atoms. The summed E-state index contributed by atoms with van der Waals surface area (Å²) in [5, 5.41) is 0. The van der Waals surface area contributed by atoms with Crippen LogP contribution in [-0.2, 0) is 0 Å². The summed E-state index contributed by atoms with van der Waals surface area (Å²) < 4.78 is 0. The Bertz CT molecular complexity index is 114. The quantitative estimate of drug-likeness (QED) is 0.341. The van der Waals surface area contributed by atoms with Crippen LogP contribution in [0.15, 0.2) is 4.81 Å². The molecule has 0 aromatic carbocycles. The first kappa shape index (κ1) is 11.4. The van der Waals surface area contributed by atoms with E-state index in [0.29, 0.717) is 0 Å². The molecule has 11 heavy (non-hydrogen) atoms. The van der Waals surface area contributed by atoms with Crippen LogP contribution < -0.4 is 0 Å². The molecule has 0 fully saturated rings. The van der Waals surface area contributed by atoms with Gasteiger partial charge in [0.05, 0.1) is 0 Å². The summed E-state index contributed by atoms with van der Waals surface area (Å²) in [4.78, 5) is 3.84. The molecule has 0 spiro atoms. The van der Waals surface area contributed by atoms with Crippen molar-refractivity contribution >= 4 is 72.1 Å². The van der Waals surface area contributed by atoms with Crippen molar-refractivity contribution in [2.24, 2.45) is 4.81 Å². The van der Waals surface area contributed by atoms with Gasteiger partial charge in [-0.1, -0.05) is 0 Å². The van der Waals surface area contributed by atoms with Crippen LogP contribution in [0, 0.1) is 0 Å². The predicted molar refractivity (Wildman–Crippen MR) is 60.0 cm³/mol. The van der Waals surface area contributed by atoms with Gasteiger partial charge in [0.25, 0.3) is 0 Å². The van der Waals surface area contributed by atoms with Crippen molar-refractivity contribution in [2.45, 2.75) is 0 Å². The number of nitrogens with zero attached hydrogens (tertiary/aromatic N) is 1. The van der Waals surface area contributed by atoms with Crippen molar-refractivity contribution < 1.29 is 0 Å². The van der Waals surface area contributed by atoms with Gasteiger partial charge in [-0.25, -0.2) is 0 Å². The first-order valence-corrected chi connectivity index (χ1v) is 3.18. The summed E-state index contributed by atoms with van der Waals surface area (Å²) >= 11 is 0. The molecule has 0 rings (SSSR count). The van der Waals surface area contributed by atoms with Crippen LogP contribution in [0.3, 0.4) is 0 Å². The molecule has 0 saturated carbocycles. The van der Waals surface area contributed by atoms with Gasteiger partial charge in [-0.2, -0.15) is 0 Å². The van der Waals surface area contributed by atoms with Crippen LogP contribution in [0.1, 0.15) is 0 Å². The third-order valence-electron chi connectivity index (χ3n) is 1.02. The number of hydrogen-bond donors (Lipinski definition) is 0.